The number of carbonyl (C=O) groups is 1. The number of nitrogens with zero attached hydrogens (tertiary/aromatic N) is 3. The number of nitrogens with one attached hydrogen (secondary N) is 2. The maximum absolute atomic E-state index is 13.5. The summed E-state index contributed by atoms with van der Waals surface area (Å²) in [5.74, 6) is 0.380. The highest BCUT2D eigenvalue weighted by atomic mass is 16.3. The number of aliphatic hydroxyl groups is 1. The summed E-state index contributed by atoms with van der Waals surface area (Å²) in [6, 6.07) is 10.9. The molecule has 0 aliphatic carbocycles. The first-order valence-electron chi connectivity index (χ1n) is 13.9. The fourth-order valence-corrected chi connectivity index (χ4v) is 6.56. The smallest absolute Gasteiger partial charge is 0.254 e. The lowest BCUT2D eigenvalue weighted by molar-refractivity contribution is -0.0775. The van der Waals surface area contributed by atoms with Gasteiger partial charge < -0.3 is 20.0 Å². The molecular formula is C30H41N5O3. The first-order chi connectivity index (χ1) is 18.2. The van der Waals surface area contributed by atoms with Crippen molar-refractivity contribution in [2.75, 3.05) is 26.2 Å². The molecule has 3 N–H and O–H groups in total. The van der Waals surface area contributed by atoms with E-state index in [1.807, 2.05) is 52.0 Å². The summed E-state index contributed by atoms with van der Waals surface area (Å²) in [5, 5.41) is 13.7. The molecule has 0 spiro atoms. The van der Waals surface area contributed by atoms with Crippen molar-refractivity contribution in [2.24, 2.45) is 5.92 Å². The SMILES string of the molecule is Cc1cc(C)c(CNC(=O)c2c(C)n([C@H](C)C3CCN(C4CN(C(C)O)C4)CC3)c3ccccc23)c(=O)[nH]1. The van der Waals surface area contributed by atoms with E-state index in [1.54, 1.807) is 0 Å². The summed E-state index contributed by atoms with van der Waals surface area (Å²) < 4.78 is 2.35. The summed E-state index contributed by atoms with van der Waals surface area (Å²) >= 11 is 0. The minimum atomic E-state index is -0.359. The molecule has 2 saturated heterocycles. The highest BCUT2D eigenvalue weighted by Crippen LogP contribution is 2.36. The Balaban J connectivity index is 1.32. The van der Waals surface area contributed by atoms with Crippen molar-refractivity contribution in [1.82, 2.24) is 24.7 Å². The number of H-pyrrole nitrogens is 1. The van der Waals surface area contributed by atoms with Crippen LogP contribution in [0, 0.1) is 26.7 Å². The molecule has 2 atom stereocenters. The van der Waals surface area contributed by atoms with E-state index in [1.165, 1.54) is 0 Å². The summed E-state index contributed by atoms with van der Waals surface area (Å²) in [4.78, 5) is 33.5. The Morgan fingerprint density at radius 3 is 2.47 bits per heavy atom. The van der Waals surface area contributed by atoms with Gasteiger partial charge in [0.05, 0.1) is 5.56 Å². The molecule has 1 aromatic carbocycles. The van der Waals surface area contributed by atoms with Gasteiger partial charge in [-0.25, -0.2) is 0 Å². The minimum Gasteiger partial charge on any atom is -0.379 e. The number of aliphatic hydroxyl groups excluding tert-OH is 1. The monoisotopic (exact) mass is 519 g/mol. The molecule has 1 amide bonds. The molecule has 204 valence electrons. The predicted molar refractivity (Wildman–Crippen MR) is 150 cm³/mol. The van der Waals surface area contributed by atoms with E-state index in [0.29, 0.717) is 23.1 Å². The lowest BCUT2D eigenvalue weighted by atomic mass is 9.88. The maximum Gasteiger partial charge on any atom is 0.254 e. The highest BCUT2D eigenvalue weighted by Gasteiger charge is 2.37. The third-order valence-electron chi connectivity index (χ3n) is 8.90. The Morgan fingerprint density at radius 2 is 1.82 bits per heavy atom. The number of rotatable bonds is 7. The molecular weight excluding hydrogens is 478 g/mol. The molecule has 0 bridgehead atoms. The first kappa shape index (κ1) is 26.7. The van der Waals surface area contributed by atoms with Gasteiger partial charge >= 0.3 is 0 Å². The number of aromatic nitrogens is 2. The van der Waals surface area contributed by atoms with Crippen molar-refractivity contribution in [3.05, 3.63) is 68.8 Å². The number of carbonyl (C=O) groups excluding carboxylic acids is 1. The van der Waals surface area contributed by atoms with Crippen molar-refractivity contribution < 1.29 is 9.90 Å². The normalized spacial score (nSPS) is 19.4. The van der Waals surface area contributed by atoms with Gasteiger partial charge in [-0.3, -0.25) is 19.4 Å². The number of hydrogen-bond donors (Lipinski definition) is 3. The molecule has 2 aromatic heterocycles. The third-order valence-corrected chi connectivity index (χ3v) is 8.90. The molecule has 5 rings (SSSR count). The molecule has 8 heteroatoms. The van der Waals surface area contributed by atoms with E-state index in [0.717, 1.165) is 66.9 Å². The van der Waals surface area contributed by atoms with E-state index < -0.39 is 0 Å². The number of pyridine rings is 1. The van der Waals surface area contributed by atoms with Gasteiger partial charge in [0, 0.05) is 59.6 Å². The van der Waals surface area contributed by atoms with Gasteiger partial charge in [-0.05, 0) is 84.2 Å². The lowest BCUT2D eigenvalue weighted by Crippen LogP contribution is -2.62. The fraction of sp³-hybridized carbons (Fsp3) is 0.533. The Morgan fingerprint density at radius 1 is 1.13 bits per heavy atom. The molecule has 4 heterocycles. The van der Waals surface area contributed by atoms with Gasteiger partial charge in [-0.1, -0.05) is 18.2 Å². The molecule has 2 aliphatic heterocycles. The van der Waals surface area contributed by atoms with Crippen LogP contribution in [-0.4, -0.2) is 68.8 Å². The molecule has 2 fully saturated rings. The number of piperidine rings is 1. The van der Waals surface area contributed by atoms with Crippen LogP contribution in [-0.2, 0) is 6.54 Å². The first-order valence-corrected chi connectivity index (χ1v) is 13.9. The van der Waals surface area contributed by atoms with Gasteiger partial charge in [-0.15, -0.1) is 0 Å². The summed E-state index contributed by atoms with van der Waals surface area (Å²) in [7, 11) is 0. The average molecular weight is 520 g/mol. The molecule has 2 aliphatic rings. The molecule has 8 nitrogen and oxygen atoms in total. The Hall–Kier alpha value is -2.94. The average Bonchev–Trinajstić information content (AvgIpc) is 3.13. The van der Waals surface area contributed by atoms with Gasteiger partial charge in [0.1, 0.15) is 6.23 Å². The third kappa shape index (κ3) is 4.93. The number of benzene rings is 1. The highest BCUT2D eigenvalue weighted by molar-refractivity contribution is 6.08. The molecule has 3 aromatic rings. The maximum atomic E-state index is 13.5. The largest absolute Gasteiger partial charge is 0.379 e. The number of fused-ring (bicyclic) bond motifs is 1. The zero-order valence-electron chi connectivity index (χ0n) is 23.3. The Kier molecular flexibility index (Phi) is 7.49. The lowest BCUT2D eigenvalue weighted by Gasteiger charge is -2.49. The number of para-hydroxylation sites is 1. The second-order valence-corrected chi connectivity index (χ2v) is 11.3. The number of hydrogen-bond acceptors (Lipinski definition) is 5. The van der Waals surface area contributed by atoms with Crippen molar-refractivity contribution in [1.29, 1.82) is 0 Å². The minimum absolute atomic E-state index is 0.147. The van der Waals surface area contributed by atoms with Gasteiger partial charge in [-0.2, -0.15) is 0 Å². The predicted octanol–water partition coefficient (Wildman–Crippen LogP) is 3.48. The summed E-state index contributed by atoms with van der Waals surface area (Å²) in [6.07, 6.45) is 1.88. The molecule has 0 radical (unpaired) electrons. The van der Waals surface area contributed by atoms with E-state index in [2.05, 4.69) is 37.7 Å². The molecule has 0 saturated carbocycles. The van der Waals surface area contributed by atoms with Crippen LogP contribution in [0.3, 0.4) is 0 Å². The zero-order chi connectivity index (χ0) is 27.1. The second kappa shape index (κ2) is 10.7. The van der Waals surface area contributed by atoms with Crippen LogP contribution in [0.2, 0.25) is 0 Å². The van der Waals surface area contributed by atoms with E-state index >= 15 is 0 Å². The van der Waals surface area contributed by atoms with E-state index in [4.69, 9.17) is 0 Å². The molecule has 38 heavy (non-hydrogen) atoms. The van der Waals surface area contributed by atoms with Gasteiger partial charge in [0.2, 0.25) is 0 Å². The second-order valence-electron chi connectivity index (χ2n) is 11.3. The quantitative estimate of drug-likeness (QED) is 0.445. The molecule has 1 unspecified atom stereocenters. The van der Waals surface area contributed by atoms with Crippen molar-refractivity contribution in [3.63, 3.8) is 0 Å². The van der Waals surface area contributed by atoms with Crippen LogP contribution < -0.4 is 10.9 Å². The fourth-order valence-electron chi connectivity index (χ4n) is 6.56. The van der Waals surface area contributed by atoms with Crippen LogP contribution in [0.5, 0.6) is 0 Å². The Bertz CT molecular complexity index is 1380. The summed E-state index contributed by atoms with van der Waals surface area (Å²) in [6.45, 7) is 14.2. The van der Waals surface area contributed by atoms with Crippen LogP contribution in [0.1, 0.15) is 65.6 Å². The number of aryl methyl sites for hydroxylation is 2. The van der Waals surface area contributed by atoms with Crippen LogP contribution >= 0.6 is 0 Å². The van der Waals surface area contributed by atoms with Crippen molar-refractivity contribution in [3.8, 4) is 0 Å². The number of likely N-dealkylation sites (tertiary alicyclic amines) is 2. The number of aromatic amines is 1. The Labute approximate surface area is 224 Å². The van der Waals surface area contributed by atoms with Crippen LogP contribution in [0.15, 0.2) is 35.1 Å². The van der Waals surface area contributed by atoms with Crippen LogP contribution in [0.4, 0.5) is 0 Å². The van der Waals surface area contributed by atoms with Crippen molar-refractivity contribution >= 4 is 16.8 Å². The number of amides is 1. The van der Waals surface area contributed by atoms with Crippen LogP contribution in [0.25, 0.3) is 10.9 Å². The topological polar surface area (TPSA) is 93.6 Å². The summed E-state index contributed by atoms with van der Waals surface area (Å²) in [5.41, 5.74) is 4.89. The van der Waals surface area contributed by atoms with Crippen molar-refractivity contribution in [2.45, 2.75) is 72.3 Å². The van der Waals surface area contributed by atoms with Gasteiger partial charge in [0.15, 0.2) is 0 Å². The standard InChI is InChI=1S/C30H41N5O3/c1-18-14-19(2)32-29(37)26(18)15-31-30(38)28-21(4)35(27-9-7-6-8-25(27)28)20(3)23-10-12-33(13-11-23)24-16-34(17-24)22(5)36/h6-9,14,20,22-24,36H,10-13,15-17H2,1-5H3,(H,31,38)(H,32,37)/t20-,22?/m1/s1. The zero-order valence-corrected chi connectivity index (χ0v) is 23.3. The van der Waals surface area contributed by atoms with Gasteiger partial charge in [0.25, 0.3) is 11.5 Å². The van der Waals surface area contributed by atoms with E-state index in [-0.39, 0.29) is 30.3 Å². The van der Waals surface area contributed by atoms with E-state index in [9.17, 15) is 14.7 Å².